The lowest BCUT2D eigenvalue weighted by atomic mass is 9.98. The average molecular weight is 368 g/mol. The van der Waals surface area contributed by atoms with E-state index in [4.69, 9.17) is 0 Å². The number of piperidine rings is 1. The predicted octanol–water partition coefficient (Wildman–Crippen LogP) is 2.80. The Labute approximate surface area is 158 Å². The summed E-state index contributed by atoms with van der Waals surface area (Å²) in [6.07, 6.45) is 9.03. The maximum absolute atomic E-state index is 13.1. The van der Waals surface area contributed by atoms with Gasteiger partial charge in [0.25, 0.3) is 5.91 Å². The lowest BCUT2D eigenvalue weighted by molar-refractivity contribution is 0.0682. The summed E-state index contributed by atoms with van der Waals surface area (Å²) in [5.41, 5.74) is 2.31. The number of nitrogens with one attached hydrogen (secondary N) is 2. The van der Waals surface area contributed by atoms with Gasteiger partial charge in [-0.3, -0.25) is 9.36 Å². The first-order chi connectivity index (χ1) is 13.1. The summed E-state index contributed by atoms with van der Waals surface area (Å²) in [7, 11) is 1.92. The zero-order chi connectivity index (χ0) is 18.5. The molecule has 0 radical (unpaired) electrons. The van der Waals surface area contributed by atoms with Crippen LogP contribution >= 0.6 is 0 Å². The fraction of sp³-hybridized carbons (Fsp3) is 0.619. The highest BCUT2D eigenvalue weighted by atomic mass is 16.2. The first kappa shape index (κ1) is 17.0. The number of carbonyl (C=O) groups is 1. The monoisotopic (exact) mass is 368 g/mol. The molecular weight excluding hydrogens is 340 g/mol. The van der Waals surface area contributed by atoms with Crippen molar-refractivity contribution in [3.8, 4) is 0 Å². The van der Waals surface area contributed by atoms with Crippen LogP contribution in [0.25, 0.3) is 11.0 Å². The molecule has 2 bridgehead atoms. The third kappa shape index (κ3) is 2.90. The van der Waals surface area contributed by atoms with E-state index in [0.29, 0.717) is 29.7 Å². The van der Waals surface area contributed by atoms with E-state index in [9.17, 15) is 9.59 Å². The number of amides is 1. The summed E-state index contributed by atoms with van der Waals surface area (Å²) in [5.74, 6) is 0.0534. The molecule has 1 amide bonds. The highest BCUT2D eigenvalue weighted by Gasteiger charge is 2.36. The van der Waals surface area contributed by atoms with Crippen molar-refractivity contribution in [1.29, 1.82) is 0 Å². The largest absolute Gasteiger partial charge is 0.339 e. The van der Waals surface area contributed by atoms with Gasteiger partial charge in [0.2, 0.25) is 0 Å². The van der Waals surface area contributed by atoms with Crippen LogP contribution in [0, 0.1) is 0 Å². The first-order valence-electron chi connectivity index (χ1n) is 10.4. The normalized spacial score (nSPS) is 28.1. The molecule has 1 aromatic carbocycles. The van der Waals surface area contributed by atoms with Crippen LogP contribution in [-0.4, -0.2) is 45.5 Å². The molecule has 2 saturated heterocycles. The van der Waals surface area contributed by atoms with Crippen molar-refractivity contribution in [2.24, 2.45) is 0 Å². The highest BCUT2D eigenvalue weighted by molar-refractivity contribution is 5.97. The van der Waals surface area contributed by atoms with Crippen LogP contribution in [0.3, 0.4) is 0 Å². The minimum atomic E-state index is -0.0511. The Kier molecular flexibility index (Phi) is 4.11. The highest BCUT2D eigenvalue weighted by Crippen LogP contribution is 2.32. The molecule has 144 valence electrons. The standard InChI is InChI=1S/C21H28N4O2/c1-24(17-11-14-7-8-15(12-17)22-14)20(26)13-6-9-19-18(10-13)23-21(27)25(19)16-4-2-3-5-16/h6,9-10,14-17,22H,2-5,7-8,11-12H2,1H3,(H,23,27). The number of benzene rings is 1. The Morgan fingerprint density at radius 3 is 2.52 bits per heavy atom. The number of carbonyl (C=O) groups excluding carboxylic acids is 1. The topological polar surface area (TPSA) is 70.1 Å². The van der Waals surface area contributed by atoms with Crippen molar-refractivity contribution >= 4 is 16.9 Å². The van der Waals surface area contributed by atoms with Gasteiger partial charge in [-0.15, -0.1) is 0 Å². The third-order valence-corrected chi connectivity index (χ3v) is 6.97. The van der Waals surface area contributed by atoms with Gasteiger partial charge in [-0.1, -0.05) is 12.8 Å². The molecule has 5 rings (SSSR count). The number of H-pyrrole nitrogens is 1. The number of fused-ring (bicyclic) bond motifs is 3. The fourth-order valence-electron chi connectivity index (χ4n) is 5.50. The Bertz CT molecular complexity index is 912. The van der Waals surface area contributed by atoms with Crippen LogP contribution in [0.2, 0.25) is 0 Å². The van der Waals surface area contributed by atoms with Crippen molar-refractivity contribution in [2.75, 3.05) is 7.05 Å². The number of aromatic amines is 1. The van der Waals surface area contributed by atoms with Crippen molar-refractivity contribution in [1.82, 2.24) is 19.8 Å². The third-order valence-electron chi connectivity index (χ3n) is 6.97. The molecule has 3 fully saturated rings. The first-order valence-corrected chi connectivity index (χ1v) is 10.4. The Balaban J connectivity index is 1.41. The fourth-order valence-corrected chi connectivity index (χ4v) is 5.50. The van der Waals surface area contributed by atoms with Crippen LogP contribution in [0.1, 0.15) is 67.8 Å². The van der Waals surface area contributed by atoms with E-state index >= 15 is 0 Å². The number of hydrogen-bond donors (Lipinski definition) is 2. The molecule has 2 aliphatic heterocycles. The van der Waals surface area contributed by atoms with Gasteiger partial charge in [-0.05, 0) is 56.7 Å². The maximum Gasteiger partial charge on any atom is 0.326 e. The summed E-state index contributed by atoms with van der Waals surface area (Å²) in [4.78, 5) is 30.4. The molecule has 27 heavy (non-hydrogen) atoms. The second kappa shape index (κ2) is 6.51. The quantitative estimate of drug-likeness (QED) is 0.875. The Morgan fingerprint density at radius 1 is 1.11 bits per heavy atom. The summed E-state index contributed by atoms with van der Waals surface area (Å²) in [6.45, 7) is 0. The lowest BCUT2D eigenvalue weighted by Crippen LogP contribution is -2.48. The van der Waals surface area contributed by atoms with E-state index in [2.05, 4.69) is 10.3 Å². The summed E-state index contributed by atoms with van der Waals surface area (Å²) in [6, 6.07) is 7.40. The van der Waals surface area contributed by atoms with Gasteiger partial charge < -0.3 is 15.2 Å². The maximum atomic E-state index is 13.1. The zero-order valence-electron chi connectivity index (χ0n) is 15.9. The van der Waals surface area contributed by atoms with Crippen LogP contribution < -0.4 is 11.0 Å². The van der Waals surface area contributed by atoms with E-state index in [-0.39, 0.29) is 11.6 Å². The molecule has 1 aliphatic carbocycles. The van der Waals surface area contributed by atoms with Gasteiger partial charge in [-0.2, -0.15) is 0 Å². The Hall–Kier alpha value is -2.08. The van der Waals surface area contributed by atoms with Crippen LogP contribution in [-0.2, 0) is 0 Å². The van der Waals surface area contributed by atoms with Crippen LogP contribution in [0.5, 0.6) is 0 Å². The molecule has 3 aliphatic rings. The average Bonchev–Trinajstić information content (AvgIpc) is 3.38. The SMILES string of the molecule is CN(C(=O)c1ccc2c(c1)[nH]c(=O)n2C1CCCC1)C1CC2CCC(C1)N2. The van der Waals surface area contributed by atoms with Gasteiger partial charge >= 0.3 is 5.69 Å². The molecule has 2 atom stereocenters. The van der Waals surface area contributed by atoms with Crippen molar-refractivity contribution in [2.45, 2.75) is 75.5 Å². The number of hydrogen-bond acceptors (Lipinski definition) is 3. The number of rotatable bonds is 3. The minimum absolute atomic E-state index is 0.0511. The van der Waals surface area contributed by atoms with Gasteiger partial charge in [0, 0.05) is 36.8 Å². The summed E-state index contributed by atoms with van der Waals surface area (Å²) < 4.78 is 1.89. The van der Waals surface area contributed by atoms with Crippen molar-refractivity contribution in [3.63, 3.8) is 0 Å². The molecule has 2 aromatic rings. The molecular formula is C21H28N4O2. The van der Waals surface area contributed by atoms with E-state index in [1.165, 1.54) is 25.7 Å². The molecule has 0 spiro atoms. The number of nitrogens with zero attached hydrogens (tertiary/aromatic N) is 2. The van der Waals surface area contributed by atoms with Crippen molar-refractivity contribution in [3.05, 3.63) is 34.2 Å². The molecule has 1 saturated carbocycles. The molecule has 6 heteroatoms. The lowest BCUT2D eigenvalue weighted by Gasteiger charge is -2.35. The minimum Gasteiger partial charge on any atom is -0.339 e. The molecule has 2 unspecified atom stereocenters. The molecule has 2 N–H and O–H groups in total. The zero-order valence-corrected chi connectivity index (χ0v) is 15.9. The van der Waals surface area contributed by atoms with Gasteiger partial charge in [0.1, 0.15) is 0 Å². The van der Waals surface area contributed by atoms with Gasteiger partial charge in [0.05, 0.1) is 11.0 Å². The predicted molar refractivity (Wildman–Crippen MR) is 105 cm³/mol. The van der Waals surface area contributed by atoms with E-state index in [1.54, 1.807) is 0 Å². The van der Waals surface area contributed by atoms with Crippen molar-refractivity contribution < 1.29 is 4.79 Å². The number of aromatic nitrogens is 2. The second-order valence-electron chi connectivity index (χ2n) is 8.65. The van der Waals surface area contributed by atoms with Gasteiger partial charge in [0.15, 0.2) is 0 Å². The smallest absolute Gasteiger partial charge is 0.326 e. The van der Waals surface area contributed by atoms with Crippen LogP contribution in [0.4, 0.5) is 0 Å². The van der Waals surface area contributed by atoms with E-state index < -0.39 is 0 Å². The van der Waals surface area contributed by atoms with Gasteiger partial charge in [-0.25, -0.2) is 4.79 Å². The Morgan fingerprint density at radius 2 is 1.81 bits per heavy atom. The summed E-state index contributed by atoms with van der Waals surface area (Å²) >= 11 is 0. The van der Waals surface area contributed by atoms with Crippen LogP contribution in [0.15, 0.2) is 23.0 Å². The second-order valence-corrected chi connectivity index (χ2v) is 8.65. The summed E-state index contributed by atoms with van der Waals surface area (Å²) in [5, 5.41) is 3.63. The molecule has 6 nitrogen and oxygen atoms in total. The van der Waals surface area contributed by atoms with E-state index in [0.717, 1.165) is 36.7 Å². The van der Waals surface area contributed by atoms with E-state index in [1.807, 2.05) is 34.7 Å². The number of imidazole rings is 1. The molecule has 3 heterocycles. The molecule has 1 aromatic heterocycles.